The third-order valence-corrected chi connectivity index (χ3v) is 4.88. The summed E-state index contributed by atoms with van der Waals surface area (Å²) in [6, 6.07) is 17.7. The second-order valence-corrected chi connectivity index (χ2v) is 6.18. The second-order valence-electron chi connectivity index (χ2n) is 6.18. The number of anilines is 2. The number of nitrogens with one attached hydrogen (secondary N) is 1. The molecule has 0 bridgehead atoms. The lowest BCUT2D eigenvalue weighted by molar-refractivity contribution is 0.540. The van der Waals surface area contributed by atoms with Crippen molar-refractivity contribution in [3.8, 4) is 0 Å². The number of fused-ring (bicyclic) bond motifs is 2. The SMILES string of the molecule is c1ccc2c(c1)CCCC2CN1CCNc2ccccc21. The van der Waals surface area contributed by atoms with Gasteiger partial charge in [0.15, 0.2) is 0 Å². The monoisotopic (exact) mass is 278 g/mol. The summed E-state index contributed by atoms with van der Waals surface area (Å²) in [6.07, 6.45) is 3.91. The van der Waals surface area contributed by atoms with Crippen LogP contribution in [0.3, 0.4) is 0 Å². The molecule has 2 nitrogen and oxygen atoms in total. The summed E-state index contributed by atoms with van der Waals surface area (Å²) in [6.45, 7) is 3.30. The van der Waals surface area contributed by atoms with Crippen molar-refractivity contribution >= 4 is 11.4 Å². The molecule has 4 rings (SSSR count). The van der Waals surface area contributed by atoms with E-state index >= 15 is 0 Å². The number of rotatable bonds is 2. The molecule has 1 aliphatic carbocycles. The van der Waals surface area contributed by atoms with E-state index in [4.69, 9.17) is 0 Å². The molecule has 2 aliphatic rings. The molecule has 2 heteroatoms. The van der Waals surface area contributed by atoms with Gasteiger partial charge in [-0.1, -0.05) is 36.4 Å². The quantitative estimate of drug-likeness (QED) is 0.892. The zero-order valence-corrected chi connectivity index (χ0v) is 12.4. The van der Waals surface area contributed by atoms with Crippen molar-refractivity contribution in [3.05, 3.63) is 59.7 Å². The second kappa shape index (κ2) is 5.44. The van der Waals surface area contributed by atoms with Crippen molar-refractivity contribution in [2.24, 2.45) is 0 Å². The fourth-order valence-corrected chi connectivity index (χ4v) is 3.84. The maximum atomic E-state index is 3.51. The van der Waals surface area contributed by atoms with Gasteiger partial charge < -0.3 is 10.2 Å². The minimum Gasteiger partial charge on any atom is -0.382 e. The Kier molecular flexibility index (Phi) is 3.30. The lowest BCUT2D eigenvalue weighted by atomic mass is 9.82. The molecule has 0 aromatic heterocycles. The Balaban J connectivity index is 1.61. The Bertz CT molecular complexity index is 579. The molecule has 1 N–H and O–H groups in total. The van der Waals surface area contributed by atoms with Gasteiger partial charge in [-0.3, -0.25) is 0 Å². The van der Waals surface area contributed by atoms with Crippen LogP contribution in [0, 0.1) is 0 Å². The summed E-state index contributed by atoms with van der Waals surface area (Å²) >= 11 is 0. The van der Waals surface area contributed by atoms with Gasteiger partial charge in [-0.2, -0.15) is 0 Å². The fourth-order valence-electron chi connectivity index (χ4n) is 3.84. The van der Waals surface area contributed by atoms with E-state index in [1.165, 1.54) is 30.6 Å². The Hall–Kier alpha value is -1.96. The van der Waals surface area contributed by atoms with Crippen molar-refractivity contribution in [1.82, 2.24) is 0 Å². The zero-order chi connectivity index (χ0) is 14.1. The zero-order valence-electron chi connectivity index (χ0n) is 12.4. The highest BCUT2D eigenvalue weighted by molar-refractivity contribution is 5.72. The van der Waals surface area contributed by atoms with Gasteiger partial charge in [0.1, 0.15) is 0 Å². The molecule has 1 heterocycles. The smallest absolute Gasteiger partial charge is 0.0602 e. The van der Waals surface area contributed by atoms with E-state index in [0.29, 0.717) is 5.92 Å². The van der Waals surface area contributed by atoms with Crippen molar-refractivity contribution < 1.29 is 0 Å². The van der Waals surface area contributed by atoms with Gasteiger partial charge in [0.25, 0.3) is 0 Å². The highest BCUT2D eigenvalue weighted by Crippen LogP contribution is 2.35. The highest BCUT2D eigenvalue weighted by Gasteiger charge is 2.24. The lowest BCUT2D eigenvalue weighted by Gasteiger charge is -2.36. The topological polar surface area (TPSA) is 15.3 Å². The molecule has 0 spiro atoms. The molecule has 108 valence electrons. The van der Waals surface area contributed by atoms with Gasteiger partial charge in [-0.25, -0.2) is 0 Å². The molecule has 0 saturated carbocycles. The van der Waals surface area contributed by atoms with Crippen LogP contribution in [0.5, 0.6) is 0 Å². The van der Waals surface area contributed by atoms with Crippen LogP contribution < -0.4 is 10.2 Å². The summed E-state index contributed by atoms with van der Waals surface area (Å²) in [7, 11) is 0. The van der Waals surface area contributed by atoms with Crippen LogP contribution >= 0.6 is 0 Å². The van der Waals surface area contributed by atoms with Gasteiger partial charge >= 0.3 is 0 Å². The molecular weight excluding hydrogens is 256 g/mol. The van der Waals surface area contributed by atoms with Crippen LogP contribution in [0.25, 0.3) is 0 Å². The van der Waals surface area contributed by atoms with E-state index < -0.39 is 0 Å². The minimum atomic E-state index is 0.682. The molecule has 2 aromatic carbocycles. The van der Waals surface area contributed by atoms with E-state index in [9.17, 15) is 0 Å². The molecule has 21 heavy (non-hydrogen) atoms. The van der Waals surface area contributed by atoms with E-state index in [0.717, 1.165) is 19.6 Å². The first-order valence-corrected chi connectivity index (χ1v) is 8.07. The third kappa shape index (κ3) is 2.39. The normalized spacial score (nSPS) is 20.4. The molecule has 0 amide bonds. The summed E-state index contributed by atoms with van der Waals surface area (Å²) < 4.78 is 0. The van der Waals surface area contributed by atoms with Crippen molar-refractivity contribution in [3.63, 3.8) is 0 Å². The Morgan fingerprint density at radius 1 is 1.05 bits per heavy atom. The van der Waals surface area contributed by atoms with Crippen LogP contribution in [0.1, 0.15) is 29.9 Å². The Morgan fingerprint density at radius 2 is 1.90 bits per heavy atom. The first-order chi connectivity index (χ1) is 10.4. The first-order valence-electron chi connectivity index (χ1n) is 8.07. The van der Waals surface area contributed by atoms with Crippen molar-refractivity contribution in [1.29, 1.82) is 0 Å². The highest BCUT2D eigenvalue weighted by atomic mass is 15.2. The average molecular weight is 278 g/mol. The lowest BCUT2D eigenvalue weighted by Crippen LogP contribution is -2.37. The number of benzene rings is 2. The largest absolute Gasteiger partial charge is 0.382 e. The first kappa shape index (κ1) is 12.8. The standard InChI is InChI=1S/C19H22N2/c1-2-9-17-15(6-1)7-5-8-16(17)14-21-13-12-20-18-10-3-4-11-19(18)21/h1-4,6,9-11,16,20H,5,7-8,12-14H2. The molecule has 2 aromatic rings. The predicted molar refractivity (Wildman–Crippen MR) is 89.3 cm³/mol. The number of hydrogen-bond donors (Lipinski definition) is 1. The van der Waals surface area contributed by atoms with Gasteiger partial charge in [0.2, 0.25) is 0 Å². The summed E-state index contributed by atoms with van der Waals surface area (Å²) in [5.74, 6) is 0.682. The van der Waals surface area contributed by atoms with Crippen LogP contribution in [-0.2, 0) is 6.42 Å². The molecular formula is C19H22N2. The molecule has 0 saturated heterocycles. The van der Waals surface area contributed by atoms with Crippen molar-refractivity contribution in [2.45, 2.75) is 25.2 Å². The van der Waals surface area contributed by atoms with Gasteiger partial charge in [0, 0.05) is 25.6 Å². The number of aryl methyl sites for hydroxylation is 1. The Morgan fingerprint density at radius 3 is 2.90 bits per heavy atom. The summed E-state index contributed by atoms with van der Waals surface area (Å²) in [5.41, 5.74) is 5.80. The predicted octanol–water partition coefficient (Wildman–Crippen LogP) is 4.04. The molecule has 0 fully saturated rings. The van der Waals surface area contributed by atoms with Crippen LogP contribution in [0.2, 0.25) is 0 Å². The summed E-state index contributed by atoms with van der Waals surface area (Å²) in [5, 5.41) is 3.51. The van der Waals surface area contributed by atoms with Crippen molar-refractivity contribution in [2.75, 3.05) is 29.9 Å². The average Bonchev–Trinajstić information content (AvgIpc) is 2.56. The molecule has 1 atom stereocenters. The number of hydrogen-bond acceptors (Lipinski definition) is 2. The number of nitrogens with zero attached hydrogens (tertiary/aromatic N) is 1. The Labute approximate surface area is 126 Å². The summed E-state index contributed by atoms with van der Waals surface area (Å²) in [4.78, 5) is 2.57. The van der Waals surface area contributed by atoms with E-state index in [1.807, 2.05) is 0 Å². The van der Waals surface area contributed by atoms with Crippen LogP contribution in [0.15, 0.2) is 48.5 Å². The van der Waals surface area contributed by atoms with Gasteiger partial charge in [-0.05, 0) is 42.5 Å². The maximum absolute atomic E-state index is 3.51. The molecule has 1 aliphatic heterocycles. The van der Waals surface area contributed by atoms with Crippen LogP contribution in [-0.4, -0.2) is 19.6 Å². The van der Waals surface area contributed by atoms with Gasteiger partial charge in [0.05, 0.1) is 11.4 Å². The fraction of sp³-hybridized carbons (Fsp3) is 0.368. The van der Waals surface area contributed by atoms with Crippen LogP contribution in [0.4, 0.5) is 11.4 Å². The van der Waals surface area contributed by atoms with Gasteiger partial charge in [-0.15, -0.1) is 0 Å². The molecule has 0 radical (unpaired) electrons. The molecule has 1 unspecified atom stereocenters. The van der Waals surface area contributed by atoms with E-state index in [1.54, 1.807) is 11.1 Å². The number of para-hydroxylation sites is 2. The van der Waals surface area contributed by atoms with E-state index in [-0.39, 0.29) is 0 Å². The third-order valence-electron chi connectivity index (χ3n) is 4.88. The minimum absolute atomic E-state index is 0.682. The van der Waals surface area contributed by atoms with E-state index in [2.05, 4.69) is 58.7 Å². The maximum Gasteiger partial charge on any atom is 0.0602 e.